The van der Waals surface area contributed by atoms with Gasteiger partial charge in [-0.25, -0.2) is 0 Å². The van der Waals surface area contributed by atoms with Crippen molar-refractivity contribution in [2.24, 2.45) is 5.73 Å². The maximum Gasteiger partial charge on any atom is 0.253 e. The molecule has 1 heterocycles. The highest BCUT2D eigenvalue weighted by Crippen LogP contribution is 2.19. The molecule has 0 bridgehead atoms. The van der Waals surface area contributed by atoms with Crippen LogP contribution in [0.3, 0.4) is 0 Å². The molecule has 0 radical (unpaired) electrons. The number of anilines is 2. The third-order valence-corrected chi connectivity index (χ3v) is 2.53. The Labute approximate surface area is 105 Å². The van der Waals surface area contributed by atoms with Gasteiger partial charge in [0, 0.05) is 17.9 Å². The van der Waals surface area contributed by atoms with Crippen molar-refractivity contribution in [3.8, 4) is 0 Å². The monoisotopic (exact) mass is 251 g/mol. The van der Waals surface area contributed by atoms with Gasteiger partial charge in [0.2, 0.25) is 0 Å². The fraction of sp³-hybridized carbons (Fsp3) is 0.273. The standard InChI is InChI=1S/C11H13N3O2S/c12-11(17)13-8-1-3-9(4-2-8)14-5-6-16-7-10(14)15/h1-4H,5-7H2,(H3,12,13,17). The van der Waals surface area contributed by atoms with E-state index in [9.17, 15) is 4.79 Å². The molecule has 5 nitrogen and oxygen atoms in total. The van der Waals surface area contributed by atoms with E-state index in [0.717, 1.165) is 11.4 Å². The number of amides is 1. The van der Waals surface area contributed by atoms with Crippen LogP contribution in [0.5, 0.6) is 0 Å². The predicted octanol–water partition coefficient (Wildman–Crippen LogP) is 0.705. The van der Waals surface area contributed by atoms with E-state index in [-0.39, 0.29) is 17.6 Å². The lowest BCUT2D eigenvalue weighted by atomic mass is 10.2. The number of ether oxygens (including phenoxy) is 1. The number of rotatable bonds is 2. The number of nitrogens with zero attached hydrogens (tertiary/aromatic N) is 1. The number of benzene rings is 1. The van der Waals surface area contributed by atoms with Crippen molar-refractivity contribution in [2.75, 3.05) is 30.0 Å². The molecule has 0 unspecified atom stereocenters. The fourth-order valence-corrected chi connectivity index (χ4v) is 1.78. The number of nitrogens with two attached hydrogens (primary N) is 1. The van der Waals surface area contributed by atoms with Gasteiger partial charge >= 0.3 is 0 Å². The van der Waals surface area contributed by atoms with Crippen molar-refractivity contribution in [3.05, 3.63) is 24.3 Å². The average Bonchev–Trinajstić information content (AvgIpc) is 2.30. The second kappa shape index (κ2) is 5.11. The Morgan fingerprint density at radius 1 is 1.41 bits per heavy atom. The Bertz CT molecular complexity index is 433. The number of hydrogen-bond acceptors (Lipinski definition) is 3. The van der Waals surface area contributed by atoms with Crippen LogP contribution in [0.2, 0.25) is 0 Å². The Morgan fingerprint density at radius 3 is 2.71 bits per heavy atom. The number of hydrogen-bond donors (Lipinski definition) is 2. The molecule has 1 saturated heterocycles. The largest absolute Gasteiger partial charge is 0.376 e. The molecule has 0 aromatic heterocycles. The van der Waals surface area contributed by atoms with Gasteiger partial charge in [-0.15, -0.1) is 0 Å². The van der Waals surface area contributed by atoms with E-state index in [1.54, 1.807) is 4.90 Å². The molecule has 0 atom stereocenters. The molecule has 0 spiro atoms. The van der Waals surface area contributed by atoms with Gasteiger partial charge in [-0.1, -0.05) is 0 Å². The van der Waals surface area contributed by atoms with Gasteiger partial charge in [-0.2, -0.15) is 0 Å². The third kappa shape index (κ3) is 2.92. The minimum atomic E-state index is -0.0219. The highest BCUT2D eigenvalue weighted by atomic mass is 32.1. The van der Waals surface area contributed by atoms with Gasteiger partial charge in [0.15, 0.2) is 5.11 Å². The number of thiocarbonyl (C=S) groups is 1. The summed E-state index contributed by atoms with van der Waals surface area (Å²) in [5.41, 5.74) is 7.03. The highest BCUT2D eigenvalue weighted by Gasteiger charge is 2.19. The number of carbonyl (C=O) groups excluding carboxylic acids is 1. The van der Waals surface area contributed by atoms with Crippen LogP contribution in [0, 0.1) is 0 Å². The minimum Gasteiger partial charge on any atom is -0.376 e. The van der Waals surface area contributed by atoms with E-state index in [1.165, 1.54) is 0 Å². The van der Waals surface area contributed by atoms with E-state index in [4.69, 9.17) is 22.7 Å². The van der Waals surface area contributed by atoms with Crippen LogP contribution in [0.15, 0.2) is 24.3 Å². The number of carbonyl (C=O) groups is 1. The summed E-state index contributed by atoms with van der Waals surface area (Å²) in [5, 5.41) is 3.05. The molecule has 0 saturated carbocycles. The zero-order valence-electron chi connectivity index (χ0n) is 9.18. The molecular formula is C11H13N3O2S. The topological polar surface area (TPSA) is 67.6 Å². The van der Waals surface area contributed by atoms with Gasteiger partial charge < -0.3 is 20.7 Å². The first-order valence-corrected chi connectivity index (χ1v) is 5.62. The molecule has 1 fully saturated rings. The summed E-state index contributed by atoms with van der Waals surface area (Å²) in [7, 11) is 0. The molecule has 17 heavy (non-hydrogen) atoms. The summed E-state index contributed by atoms with van der Waals surface area (Å²) in [4.78, 5) is 13.3. The first-order chi connectivity index (χ1) is 8.16. The molecule has 1 aromatic carbocycles. The lowest BCUT2D eigenvalue weighted by Gasteiger charge is -2.26. The van der Waals surface area contributed by atoms with E-state index >= 15 is 0 Å². The van der Waals surface area contributed by atoms with E-state index in [1.807, 2.05) is 24.3 Å². The molecule has 1 aliphatic heterocycles. The van der Waals surface area contributed by atoms with Crippen molar-refractivity contribution in [1.29, 1.82) is 0 Å². The first kappa shape index (κ1) is 11.8. The molecule has 1 aromatic rings. The van der Waals surface area contributed by atoms with Crippen LogP contribution >= 0.6 is 12.2 Å². The van der Waals surface area contributed by atoms with Crippen LogP contribution < -0.4 is 16.0 Å². The average molecular weight is 251 g/mol. The molecule has 0 aliphatic carbocycles. The van der Waals surface area contributed by atoms with Crippen LogP contribution in [0.25, 0.3) is 0 Å². The van der Waals surface area contributed by atoms with Gasteiger partial charge in [0.1, 0.15) is 6.61 Å². The zero-order chi connectivity index (χ0) is 12.3. The van der Waals surface area contributed by atoms with Gasteiger partial charge in [0.05, 0.1) is 6.61 Å². The van der Waals surface area contributed by atoms with Crippen LogP contribution in [0.1, 0.15) is 0 Å². The molecule has 1 amide bonds. The van der Waals surface area contributed by atoms with E-state index < -0.39 is 0 Å². The van der Waals surface area contributed by atoms with Crippen molar-refractivity contribution < 1.29 is 9.53 Å². The SMILES string of the molecule is NC(=S)Nc1ccc(N2CCOCC2=O)cc1. The predicted molar refractivity (Wildman–Crippen MR) is 70.0 cm³/mol. The Balaban J connectivity index is 2.11. The summed E-state index contributed by atoms with van der Waals surface area (Å²) in [5.74, 6) is -0.0219. The summed E-state index contributed by atoms with van der Waals surface area (Å²) in [6, 6.07) is 7.36. The van der Waals surface area contributed by atoms with E-state index in [0.29, 0.717) is 13.2 Å². The van der Waals surface area contributed by atoms with Crippen molar-refractivity contribution in [1.82, 2.24) is 0 Å². The summed E-state index contributed by atoms with van der Waals surface area (Å²) >= 11 is 4.74. The zero-order valence-corrected chi connectivity index (χ0v) is 10.00. The van der Waals surface area contributed by atoms with Gasteiger partial charge in [-0.05, 0) is 36.5 Å². The molecule has 1 aliphatic rings. The van der Waals surface area contributed by atoms with Crippen molar-refractivity contribution >= 4 is 34.6 Å². The Kier molecular flexibility index (Phi) is 3.55. The van der Waals surface area contributed by atoms with Crippen LogP contribution in [0.4, 0.5) is 11.4 Å². The summed E-state index contributed by atoms with van der Waals surface area (Å²) in [6.07, 6.45) is 0. The fourth-order valence-electron chi connectivity index (χ4n) is 1.66. The molecule has 2 rings (SSSR count). The highest BCUT2D eigenvalue weighted by molar-refractivity contribution is 7.80. The van der Waals surface area contributed by atoms with Crippen molar-refractivity contribution in [2.45, 2.75) is 0 Å². The number of nitrogens with one attached hydrogen (secondary N) is 1. The lowest BCUT2D eigenvalue weighted by Crippen LogP contribution is -2.41. The molecule has 3 N–H and O–H groups in total. The summed E-state index contributed by atoms with van der Waals surface area (Å²) < 4.78 is 5.07. The minimum absolute atomic E-state index is 0.0219. The second-order valence-electron chi connectivity index (χ2n) is 3.63. The number of morpholine rings is 1. The molecular weight excluding hydrogens is 238 g/mol. The summed E-state index contributed by atoms with van der Waals surface area (Å²) in [6.45, 7) is 1.30. The Hall–Kier alpha value is -1.66. The van der Waals surface area contributed by atoms with Crippen LogP contribution in [-0.4, -0.2) is 30.8 Å². The van der Waals surface area contributed by atoms with E-state index in [2.05, 4.69) is 5.32 Å². The molecule has 90 valence electrons. The van der Waals surface area contributed by atoms with Crippen LogP contribution in [-0.2, 0) is 9.53 Å². The lowest BCUT2D eigenvalue weighted by molar-refractivity contribution is -0.125. The normalized spacial score (nSPS) is 15.8. The van der Waals surface area contributed by atoms with Gasteiger partial charge in [0.25, 0.3) is 5.91 Å². The molecule has 6 heteroatoms. The third-order valence-electron chi connectivity index (χ3n) is 2.43. The smallest absolute Gasteiger partial charge is 0.253 e. The first-order valence-electron chi connectivity index (χ1n) is 5.21. The van der Waals surface area contributed by atoms with Crippen molar-refractivity contribution in [3.63, 3.8) is 0 Å². The second-order valence-corrected chi connectivity index (χ2v) is 4.07. The quantitative estimate of drug-likeness (QED) is 0.758. The maximum absolute atomic E-state index is 11.6. The van der Waals surface area contributed by atoms with Gasteiger partial charge in [-0.3, -0.25) is 4.79 Å². The maximum atomic E-state index is 11.6. The Morgan fingerprint density at radius 2 is 2.12 bits per heavy atom.